The van der Waals surface area contributed by atoms with Crippen LogP contribution in [0.15, 0.2) is 35.6 Å². The third-order valence-electron chi connectivity index (χ3n) is 4.14. The fraction of sp³-hybridized carbons (Fsp3) is 0.526. The average Bonchev–Trinajstić information content (AvgIpc) is 3.13. The van der Waals surface area contributed by atoms with E-state index in [9.17, 15) is 0 Å². The molecule has 0 saturated carbocycles. The maximum atomic E-state index is 6.32. The lowest BCUT2D eigenvalue weighted by Crippen LogP contribution is -2.40. The quantitative estimate of drug-likeness (QED) is 0.371. The molecule has 0 fully saturated rings. The van der Waals surface area contributed by atoms with Gasteiger partial charge in [-0.15, -0.1) is 10.2 Å². The van der Waals surface area contributed by atoms with E-state index < -0.39 is 0 Å². The van der Waals surface area contributed by atoms with E-state index in [1.54, 1.807) is 6.33 Å². The van der Waals surface area contributed by atoms with Crippen molar-refractivity contribution in [3.8, 4) is 0 Å². The van der Waals surface area contributed by atoms with Crippen LogP contribution in [-0.2, 0) is 19.5 Å². The minimum Gasteiger partial charge on any atom is -0.354 e. The van der Waals surface area contributed by atoms with Gasteiger partial charge in [0.2, 0.25) is 0 Å². The number of thioether (sulfide) groups is 1. The molecule has 0 unspecified atom stereocenters. The van der Waals surface area contributed by atoms with Crippen LogP contribution in [0.4, 0.5) is 0 Å². The van der Waals surface area contributed by atoms with Crippen molar-refractivity contribution >= 4 is 29.3 Å². The van der Waals surface area contributed by atoms with Crippen molar-refractivity contribution in [1.29, 1.82) is 0 Å². The van der Waals surface area contributed by atoms with Crippen molar-refractivity contribution in [2.24, 2.45) is 4.99 Å². The third-order valence-corrected chi connectivity index (χ3v) is 5.21. The third kappa shape index (κ3) is 7.07. The maximum Gasteiger partial charge on any atom is 0.194 e. The van der Waals surface area contributed by atoms with Crippen LogP contribution in [0.5, 0.6) is 0 Å². The molecule has 2 rings (SSSR count). The number of nitrogens with zero attached hydrogens (tertiary/aromatic N) is 5. The summed E-state index contributed by atoms with van der Waals surface area (Å²) in [7, 11) is 2.04. The highest BCUT2D eigenvalue weighted by Gasteiger charge is 2.10. The number of hydrogen-bond donors (Lipinski definition) is 1. The second-order valence-electron chi connectivity index (χ2n) is 6.22. The molecule has 6 nitrogen and oxygen atoms in total. The topological polar surface area (TPSA) is 58.3 Å². The molecule has 0 amide bonds. The van der Waals surface area contributed by atoms with Crippen LogP contribution in [0.25, 0.3) is 0 Å². The summed E-state index contributed by atoms with van der Waals surface area (Å²) >= 11 is 8.17. The molecule has 0 aliphatic heterocycles. The van der Waals surface area contributed by atoms with Crippen LogP contribution < -0.4 is 5.32 Å². The molecule has 1 aromatic heterocycles. The van der Waals surface area contributed by atoms with E-state index >= 15 is 0 Å². The van der Waals surface area contributed by atoms with Crippen LogP contribution in [0.2, 0.25) is 5.02 Å². The van der Waals surface area contributed by atoms with Gasteiger partial charge in [0, 0.05) is 44.7 Å². The number of halogens is 1. The molecule has 0 saturated heterocycles. The van der Waals surface area contributed by atoms with E-state index in [4.69, 9.17) is 16.6 Å². The summed E-state index contributed by atoms with van der Waals surface area (Å²) in [6.07, 6.45) is 5.85. The van der Waals surface area contributed by atoms with Crippen LogP contribution in [0, 0.1) is 0 Å². The highest BCUT2D eigenvalue weighted by Crippen LogP contribution is 2.16. The Morgan fingerprint density at radius 1 is 1.37 bits per heavy atom. The van der Waals surface area contributed by atoms with Gasteiger partial charge in [-0.1, -0.05) is 36.7 Å². The Labute approximate surface area is 171 Å². The average molecular weight is 409 g/mol. The summed E-state index contributed by atoms with van der Waals surface area (Å²) in [5.41, 5.74) is 1.09. The molecule has 0 spiro atoms. The van der Waals surface area contributed by atoms with E-state index in [2.05, 4.69) is 44.2 Å². The standard InChI is InChI=1S/C19H29ClN6S/c1-4-18-24-23-15-26(18)12-11-22-19(21-10-7-13-27-3)25(2)14-16-8-5-6-9-17(16)20/h5-6,8-9,15H,4,7,10-14H2,1-3H3,(H,21,22). The van der Waals surface area contributed by atoms with E-state index in [-0.39, 0.29) is 0 Å². The molecule has 1 heterocycles. The minimum atomic E-state index is 0.709. The Kier molecular flexibility index (Phi) is 9.48. The highest BCUT2D eigenvalue weighted by molar-refractivity contribution is 7.98. The van der Waals surface area contributed by atoms with Crippen molar-refractivity contribution < 1.29 is 0 Å². The number of rotatable bonds is 10. The number of nitrogens with one attached hydrogen (secondary N) is 1. The second-order valence-corrected chi connectivity index (χ2v) is 7.61. The van der Waals surface area contributed by atoms with Gasteiger partial charge in [-0.25, -0.2) is 0 Å². The van der Waals surface area contributed by atoms with Crippen LogP contribution in [0.3, 0.4) is 0 Å². The van der Waals surface area contributed by atoms with Gasteiger partial charge in [-0.3, -0.25) is 4.99 Å². The predicted octanol–water partition coefficient (Wildman–Crippen LogP) is 3.32. The lowest BCUT2D eigenvalue weighted by molar-refractivity contribution is 0.470. The van der Waals surface area contributed by atoms with Crippen molar-refractivity contribution in [3.63, 3.8) is 0 Å². The zero-order chi connectivity index (χ0) is 19.5. The maximum absolute atomic E-state index is 6.32. The Balaban J connectivity index is 1.98. The van der Waals surface area contributed by atoms with E-state index in [0.717, 1.165) is 60.6 Å². The summed E-state index contributed by atoms with van der Waals surface area (Å²) in [6.45, 7) is 5.17. The summed E-state index contributed by atoms with van der Waals surface area (Å²) in [4.78, 5) is 6.90. The number of aliphatic imine (C=N–C) groups is 1. The minimum absolute atomic E-state index is 0.709. The first-order valence-electron chi connectivity index (χ1n) is 9.24. The Bertz CT molecular complexity index is 718. The van der Waals surface area contributed by atoms with Gasteiger partial charge in [-0.05, 0) is 30.1 Å². The summed E-state index contributed by atoms with van der Waals surface area (Å²) in [6, 6.07) is 7.93. The molecule has 27 heavy (non-hydrogen) atoms. The van der Waals surface area contributed by atoms with Gasteiger partial charge in [0.15, 0.2) is 5.96 Å². The Morgan fingerprint density at radius 2 is 2.19 bits per heavy atom. The van der Waals surface area contributed by atoms with Gasteiger partial charge in [0.25, 0.3) is 0 Å². The summed E-state index contributed by atoms with van der Waals surface area (Å²) in [5.74, 6) is 3.01. The van der Waals surface area contributed by atoms with E-state index in [1.807, 2.05) is 37.0 Å². The van der Waals surface area contributed by atoms with Crippen LogP contribution in [0.1, 0.15) is 24.7 Å². The van der Waals surface area contributed by atoms with Gasteiger partial charge in [0.1, 0.15) is 12.2 Å². The van der Waals surface area contributed by atoms with Gasteiger partial charge in [0.05, 0.1) is 0 Å². The molecule has 8 heteroatoms. The fourth-order valence-corrected chi connectivity index (χ4v) is 3.30. The van der Waals surface area contributed by atoms with E-state index in [1.165, 1.54) is 0 Å². The molecular weight excluding hydrogens is 380 g/mol. The molecule has 0 atom stereocenters. The number of guanidine groups is 1. The normalized spacial score (nSPS) is 11.6. The summed E-state index contributed by atoms with van der Waals surface area (Å²) in [5, 5.41) is 12.4. The summed E-state index contributed by atoms with van der Waals surface area (Å²) < 4.78 is 2.08. The predicted molar refractivity (Wildman–Crippen MR) is 116 cm³/mol. The number of benzene rings is 1. The van der Waals surface area contributed by atoms with Crippen molar-refractivity contribution in [3.05, 3.63) is 47.0 Å². The first-order chi connectivity index (χ1) is 13.2. The van der Waals surface area contributed by atoms with Crippen molar-refractivity contribution in [2.75, 3.05) is 32.1 Å². The molecule has 2 aromatic rings. The monoisotopic (exact) mass is 408 g/mol. The van der Waals surface area contributed by atoms with E-state index in [0.29, 0.717) is 6.54 Å². The zero-order valence-electron chi connectivity index (χ0n) is 16.4. The Hall–Kier alpha value is -1.73. The SMILES string of the molecule is CCc1nncn1CCNC(=NCCCSC)N(C)Cc1ccccc1Cl. The Morgan fingerprint density at radius 3 is 2.93 bits per heavy atom. The molecular formula is C19H29ClN6S. The zero-order valence-corrected chi connectivity index (χ0v) is 17.9. The molecule has 1 aromatic carbocycles. The van der Waals surface area contributed by atoms with Crippen LogP contribution in [-0.4, -0.2) is 57.8 Å². The molecule has 0 aliphatic carbocycles. The fourth-order valence-electron chi connectivity index (χ4n) is 2.69. The first kappa shape index (κ1) is 21.6. The van der Waals surface area contributed by atoms with Crippen molar-refractivity contribution in [1.82, 2.24) is 25.0 Å². The lowest BCUT2D eigenvalue weighted by Gasteiger charge is -2.23. The highest BCUT2D eigenvalue weighted by atomic mass is 35.5. The molecule has 0 aliphatic rings. The molecule has 1 N–H and O–H groups in total. The number of aryl methyl sites for hydroxylation is 1. The molecule has 0 bridgehead atoms. The van der Waals surface area contributed by atoms with Gasteiger partial charge < -0.3 is 14.8 Å². The van der Waals surface area contributed by atoms with Gasteiger partial charge >= 0.3 is 0 Å². The van der Waals surface area contributed by atoms with Crippen molar-refractivity contribution in [2.45, 2.75) is 32.9 Å². The van der Waals surface area contributed by atoms with Gasteiger partial charge in [-0.2, -0.15) is 11.8 Å². The number of hydrogen-bond acceptors (Lipinski definition) is 4. The molecule has 0 radical (unpaired) electrons. The van der Waals surface area contributed by atoms with Crippen LogP contribution >= 0.6 is 23.4 Å². The first-order valence-corrected chi connectivity index (χ1v) is 11.0. The molecule has 148 valence electrons. The smallest absolute Gasteiger partial charge is 0.194 e. The largest absolute Gasteiger partial charge is 0.354 e. The number of aromatic nitrogens is 3. The lowest BCUT2D eigenvalue weighted by atomic mass is 10.2. The second kappa shape index (κ2) is 11.9.